The second-order valence-electron chi connectivity index (χ2n) is 12.3. The molecule has 3 aromatic carbocycles. The van der Waals surface area contributed by atoms with Crippen LogP contribution in [0.15, 0.2) is 66.7 Å². The van der Waals surface area contributed by atoms with Crippen LogP contribution in [-0.4, -0.2) is 15.3 Å². The van der Waals surface area contributed by atoms with E-state index in [1.165, 1.54) is 18.2 Å². The number of halogens is 2. The molecule has 0 radical (unpaired) electrons. The molecular weight excluding hydrogens is 498 g/mol. The van der Waals surface area contributed by atoms with Gasteiger partial charge < -0.3 is 20.1 Å². The van der Waals surface area contributed by atoms with Gasteiger partial charge in [0.1, 0.15) is 6.61 Å². The highest BCUT2D eigenvalue weighted by atomic mass is 19.1. The zero-order chi connectivity index (χ0) is 29.2. The van der Waals surface area contributed by atoms with Gasteiger partial charge in [0.15, 0.2) is 23.1 Å². The van der Waals surface area contributed by atoms with Crippen LogP contribution in [0.2, 0.25) is 0 Å². The maximum atomic E-state index is 14.6. The van der Waals surface area contributed by atoms with E-state index in [1.54, 1.807) is 18.2 Å². The third-order valence-corrected chi connectivity index (χ3v) is 6.29. The lowest BCUT2D eigenvalue weighted by Gasteiger charge is -2.21. The molecule has 39 heavy (non-hydrogen) atoms. The molecular formula is C33H44F2O4. The maximum Gasteiger partial charge on any atom is 0.170 e. The van der Waals surface area contributed by atoms with Crippen molar-refractivity contribution in [1.29, 1.82) is 0 Å². The van der Waals surface area contributed by atoms with Gasteiger partial charge in [0.2, 0.25) is 0 Å². The van der Waals surface area contributed by atoms with Gasteiger partial charge in [-0.1, -0.05) is 96.1 Å². The third-order valence-electron chi connectivity index (χ3n) is 6.29. The Morgan fingerprint density at radius 2 is 1.15 bits per heavy atom. The van der Waals surface area contributed by atoms with E-state index in [2.05, 4.69) is 41.5 Å². The van der Waals surface area contributed by atoms with Crippen molar-refractivity contribution in [2.75, 3.05) is 0 Å². The molecule has 0 amide bonds. The first-order valence-electron chi connectivity index (χ1n) is 13.5. The van der Waals surface area contributed by atoms with Crippen LogP contribution < -0.4 is 4.74 Å². The monoisotopic (exact) mass is 542 g/mol. The molecule has 0 unspecified atom stereocenters. The molecule has 4 nitrogen and oxygen atoms in total. The molecule has 3 N–H and O–H groups in total. The van der Waals surface area contributed by atoms with E-state index < -0.39 is 29.6 Å². The van der Waals surface area contributed by atoms with Crippen LogP contribution in [0.25, 0.3) is 0 Å². The SMILES string of the molecule is CC(C)(C)CC[C@H](O)c1cccc(O)c1F.CC(C)(C)CC[C@H](O)c1cccc(OCc2ccccc2)c1F. The maximum absolute atomic E-state index is 14.6. The van der Waals surface area contributed by atoms with E-state index in [1.807, 2.05) is 30.3 Å². The van der Waals surface area contributed by atoms with Crippen LogP contribution in [0.5, 0.6) is 11.5 Å². The van der Waals surface area contributed by atoms with E-state index >= 15 is 0 Å². The van der Waals surface area contributed by atoms with Crippen molar-refractivity contribution in [1.82, 2.24) is 0 Å². The standard InChI is InChI=1S/C20H25FO2.C13H19FO2/c1-20(2,3)13-12-17(22)16-10-7-11-18(19(16)21)23-14-15-8-5-4-6-9-15;1-13(2,3)8-7-10(15)9-5-4-6-11(16)12(9)14/h4-11,17,22H,12-14H2,1-3H3;4-6,10,15-16H,7-8H2,1-3H3/t17-;10-/m00/s1. The largest absolute Gasteiger partial charge is 0.505 e. The topological polar surface area (TPSA) is 69.9 Å². The fraction of sp³-hybridized carbons (Fsp3) is 0.455. The second kappa shape index (κ2) is 14.4. The molecule has 0 saturated heterocycles. The molecule has 0 aliphatic carbocycles. The lowest BCUT2D eigenvalue weighted by molar-refractivity contribution is 0.142. The normalized spacial score (nSPS) is 13.3. The summed E-state index contributed by atoms with van der Waals surface area (Å²) < 4.78 is 33.6. The first-order valence-corrected chi connectivity index (χ1v) is 13.5. The molecule has 0 fully saturated rings. The minimum Gasteiger partial charge on any atom is -0.505 e. The van der Waals surface area contributed by atoms with Crippen molar-refractivity contribution in [3.63, 3.8) is 0 Å². The number of rotatable bonds is 9. The molecule has 214 valence electrons. The highest BCUT2D eigenvalue weighted by molar-refractivity contribution is 5.33. The van der Waals surface area contributed by atoms with Gasteiger partial charge >= 0.3 is 0 Å². The van der Waals surface area contributed by atoms with Gasteiger partial charge in [0, 0.05) is 11.1 Å². The first kappa shape index (κ1) is 32.3. The van der Waals surface area contributed by atoms with Crippen LogP contribution >= 0.6 is 0 Å². The molecule has 3 rings (SSSR count). The highest BCUT2D eigenvalue weighted by Crippen LogP contribution is 2.32. The van der Waals surface area contributed by atoms with Gasteiger partial charge in [0.25, 0.3) is 0 Å². The Hall–Kier alpha value is -2.96. The summed E-state index contributed by atoms with van der Waals surface area (Å²) in [7, 11) is 0. The van der Waals surface area contributed by atoms with Gasteiger partial charge in [-0.3, -0.25) is 0 Å². The van der Waals surface area contributed by atoms with Gasteiger partial charge in [-0.05, 0) is 54.2 Å². The molecule has 2 atom stereocenters. The zero-order valence-electron chi connectivity index (χ0n) is 24.0. The predicted octanol–water partition coefficient (Wildman–Crippen LogP) is 8.66. The first-order chi connectivity index (χ1) is 18.2. The summed E-state index contributed by atoms with van der Waals surface area (Å²) in [6, 6.07) is 18.9. The molecule has 0 heterocycles. The van der Waals surface area contributed by atoms with Crippen LogP contribution in [-0.2, 0) is 6.61 Å². The van der Waals surface area contributed by atoms with Crippen molar-refractivity contribution < 1.29 is 28.8 Å². The molecule has 0 aliphatic rings. The Kier molecular flexibility index (Phi) is 11.9. The second-order valence-corrected chi connectivity index (χ2v) is 12.3. The number of aliphatic hydroxyl groups is 2. The smallest absolute Gasteiger partial charge is 0.170 e. The lowest BCUT2D eigenvalue weighted by atomic mass is 9.88. The van der Waals surface area contributed by atoms with Gasteiger partial charge in [-0.15, -0.1) is 0 Å². The fourth-order valence-corrected chi connectivity index (χ4v) is 3.88. The molecule has 0 bridgehead atoms. The number of phenolic OH excluding ortho intramolecular Hbond substituents is 1. The summed E-state index contributed by atoms with van der Waals surface area (Å²) in [5, 5.41) is 29.3. The van der Waals surface area contributed by atoms with E-state index in [-0.39, 0.29) is 22.1 Å². The summed E-state index contributed by atoms with van der Waals surface area (Å²) in [6.45, 7) is 12.8. The summed E-state index contributed by atoms with van der Waals surface area (Å²) in [5.41, 5.74) is 1.67. The van der Waals surface area contributed by atoms with Crippen LogP contribution in [0, 0.1) is 22.5 Å². The Balaban J connectivity index is 0.000000293. The van der Waals surface area contributed by atoms with Crippen molar-refractivity contribution in [3.05, 3.63) is 95.1 Å². The van der Waals surface area contributed by atoms with E-state index in [0.717, 1.165) is 18.4 Å². The lowest BCUT2D eigenvalue weighted by Crippen LogP contribution is -2.09. The van der Waals surface area contributed by atoms with Crippen molar-refractivity contribution >= 4 is 0 Å². The van der Waals surface area contributed by atoms with Gasteiger partial charge in [-0.25, -0.2) is 8.78 Å². The Bertz CT molecular complexity index is 1150. The number of hydrogen-bond acceptors (Lipinski definition) is 4. The van der Waals surface area contributed by atoms with Crippen molar-refractivity contribution in [2.24, 2.45) is 10.8 Å². The predicted molar refractivity (Wildman–Crippen MR) is 153 cm³/mol. The number of benzene rings is 3. The number of hydrogen-bond donors (Lipinski definition) is 3. The average molecular weight is 543 g/mol. The summed E-state index contributed by atoms with van der Waals surface area (Å²) in [4.78, 5) is 0. The molecule has 0 aromatic heterocycles. The van der Waals surface area contributed by atoms with Crippen molar-refractivity contribution in [2.45, 2.75) is 86.0 Å². The molecule has 3 aromatic rings. The Morgan fingerprint density at radius 1 is 0.667 bits per heavy atom. The fourth-order valence-electron chi connectivity index (χ4n) is 3.88. The third kappa shape index (κ3) is 11.4. The quantitative estimate of drug-likeness (QED) is 0.253. The molecule has 0 spiro atoms. The number of ether oxygens (including phenoxy) is 1. The number of aromatic hydroxyl groups is 1. The number of aliphatic hydroxyl groups excluding tert-OH is 2. The molecule has 0 saturated carbocycles. The van der Waals surface area contributed by atoms with E-state index in [9.17, 15) is 24.1 Å². The van der Waals surface area contributed by atoms with Gasteiger partial charge in [0.05, 0.1) is 12.2 Å². The molecule has 6 heteroatoms. The number of phenols is 1. The summed E-state index contributed by atoms with van der Waals surface area (Å²) in [5.74, 6) is -1.41. The van der Waals surface area contributed by atoms with E-state index in [4.69, 9.17) is 4.74 Å². The molecule has 0 aliphatic heterocycles. The highest BCUT2D eigenvalue weighted by Gasteiger charge is 2.20. The summed E-state index contributed by atoms with van der Waals surface area (Å²) in [6.07, 6.45) is 0.971. The Labute approximate surface area is 232 Å². The minimum atomic E-state index is -0.855. The van der Waals surface area contributed by atoms with Crippen molar-refractivity contribution in [3.8, 4) is 11.5 Å². The van der Waals surface area contributed by atoms with Gasteiger partial charge in [-0.2, -0.15) is 0 Å². The average Bonchev–Trinajstić information content (AvgIpc) is 2.87. The summed E-state index contributed by atoms with van der Waals surface area (Å²) >= 11 is 0. The minimum absolute atomic E-state index is 0.105. The van der Waals surface area contributed by atoms with E-state index in [0.29, 0.717) is 25.0 Å². The Morgan fingerprint density at radius 3 is 1.67 bits per heavy atom. The zero-order valence-corrected chi connectivity index (χ0v) is 24.0. The van der Waals surface area contributed by atoms with Crippen LogP contribution in [0.3, 0.4) is 0 Å². The van der Waals surface area contributed by atoms with Crippen LogP contribution in [0.1, 0.15) is 96.1 Å². The van der Waals surface area contributed by atoms with Crippen LogP contribution in [0.4, 0.5) is 8.78 Å².